The maximum atomic E-state index is 11.5. The van der Waals surface area contributed by atoms with E-state index in [4.69, 9.17) is 9.47 Å². The van der Waals surface area contributed by atoms with Crippen LogP contribution in [-0.4, -0.2) is 41.3 Å². The monoisotopic (exact) mass is 480 g/mol. The lowest BCUT2D eigenvalue weighted by Crippen LogP contribution is -2.07. The Hall–Kier alpha value is -3.68. The fraction of sp³-hybridized carbons (Fsp3) is 0.217. The molecule has 3 heterocycles. The van der Waals surface area contributed by atoms with Crippen molar-refractivity contribution in [1.82, 2.24) is 9.97 Å². The number of fused-ring (bicyclic) bond motifs is 1. The van der Waals surface area contributed by atoms with E-state index in [-0.39, 0.29) is 4.88 Å². The van der Waals surface area contributed by atoms with Gasteiger partial charge in [-0.1, -0.05) is 12.1 Å². The molecule has 4 aromatic rings. The number of nitrogens with zero attached hydrogens (tertiary/aromatic N) is 3. The van der Waals surface area contributed by atoms with Crippen molar-refractivity contribution in [3.05, 3.63) is 52.0 Å². The SMILES string of the molecule is CCOc1cc(-c2cc(NCCc3c(C#N)sc4c(OC)cccc34)ncn2)sc1C(=O)O. The highest BCUT2D eigenvalue weighted by Gasteiger charge is 2.19. The minimum atomic E-state index is -1.03. The van der Waals surface area contributed by atoms with E-state index in [1.165, 1.54) is 17.7 Å². The van der Waals surface area contributed by atoms with Gasteiger partial charge in [0.15, 0.2) is 4.88 Å². The highest BCUT2D eigenvalue weighted by atomic mass is 32.1. The number of benzene rings is 1. The molecule has 168 valence electrons. The van der Waals surface area contributed by atoms with Crippen molar-refractivity contribution in [2.24, 2.45) is 0 Å². The Balaban J connectivity index is 1.53. The Morgan fingerprint density at radius 1 is 1.24 bits per heavy atom. The number of anilines is 1. The van der Waals surface area contributed by atoms with Crippen LogP contribution in [0.1, 0.15) is 27.0 Å². The molecule has 0 bridgehead atoms. The van der Waals surface area contributed by atoms with E-state index in [1.54, 1.807) is 26.2 Å². The van der Waals surface area contributed by atoms with Crippen molar-refractivity contribution in [3.63, 3.8) is 0 Å². The molecule has 1 aromatic carbocycles. The Morgan fingerprint density at radius 2 is 2.09 bits per heavy atom. The van der Waals surface area contributed by atoms with Crippen LogP contribution >= 0.6 is 22.7 Å². The van der Waals surface area contributed by atoms with Crippen LogP contribution in [0.2, 0.25) is 0 Å². The number of methoxy groups -OCH3 is 1. The van der Waals surface area contributed by atoms with Crippen molar-refractivity contribution in [2.75, 3.05) is 25.6 Å². The molecule has 0 unspecified atom stereocenters. The first-order chi connectivity index (χ1) is 16.0. The molecule has 0 spiro atoms. The van der Waals surface area contributed by atoms with E-state index in [9.17, 15) is 15.2 Å². The fourth-order valence-corrected chi connectivity index (χ4v) is 5.51. The van der Waals surface area contributed by atoms with Crippen molar-refractivity contribution >= 4 is 44.5 Å². The molecule has 10 heteroatoms. The summed E-state index contributed by atoms with van der Waals surface area (Å²) in [5.41, 5.74) is 1.58. The lowest BCUT2D eigenvalue weighted by Gasteiger charge is -2.07. The zero-order chi connectivity index (χ0) is 23.4. The van der Waals surface area contributed by atoms with Crippen LogP contribution in [-0.2, 0) is 6.42 Å². The van der Waals surface area contributed by atoms with E-state index in [1.807, 2.05) is 18.2 Å². The van der Waals surface area contributed by atoms with Crippen LogP contribution in [0.3, 0.4) is 0 Å². The third-order valence-corrected chi connectivity index (χ3v) is 7.19. The lowest BCUT2D eigenvalue weighted by molar-refractivity contribution is 0.0698. The van der Waals surface area contributed by atoms with Gasteiger partial charge < -0.3 is 19.9 Å². The Kier molecular flexibility index (Phi) is 6.72. The second-order valence-electron chi connectivity index (χ2n) is 6.87. The van der Waals surface area contributed by atoms with Gasteiger partial charge in [-0.15, -0.1) is 22.7 Å². The summed E-state index contributed by atoms with van der Waals surface area (Å²) in [6.45, 7) is 2.74. The molecule has 0 amide bonds. The number of carboxylic acids is 1. The Morgan fingerprint density at radius 3 is 2.82 bits per heavy atom. The number of hydrogen-bond donors (Lipinski definition) is 2. The second-order valence-corrected chi connectivity index (χ2v) is 8.94. The summed E-state index contributed by atoms with van der Waals surface area (Å²) in [5.74, 6) is 0.674. The molecule has 0 saturated heterocycles. The first kappa shape index (κ1) is 22.5. The number of ether oxygens (including phenoxy) is 2. The normalized spacial score (nSPS) is 10.7. The summed E-state index contributed by atoms with van der Waals surface area (Å²) in [4.78, 5) is 21.6. The molecule has 0 fully saturated rings. The summed E-state index contributed by atoms with van der Waals surface area (Å²) < 4.78 is 11.8. The van der Waals surface area contributed by atoms with Crippen LogP contribution in [0.25, 0.3) is 20.7 Å². The standard InChI is InChI=1S/C23H20N4O4S2/c1-3-31-17-10-18(32-22(17)23(28)29)15-9-20(27-12-26-15)25-8-7-13-14-5-4-6-16(30-2)21(14)33-19(13)11-24/h4-6,9-10,12H,3,7-8H2,1-2H3,(H,28,29)(H,25,26,27). The van der Waals surface area contributed by atoms with E-state index >= 15 is 0 Å². The molecular weight excluding hydrogens is 460 g/mol. The Labute approximate surface area is 198 Å². The maximum Gasteiger partial charge on any atom is 0.349 e. The molecule has 0 saturated carbocycles. The zero-order valence-corrected chi connectivity index (χ0v) is 19.5. The van der Waals surface area contributed by atoms with Crippen molar-refractivity contribution in [1.29, 1.82) is 5.26 Å². The third-order valence-electron chi connectivity index (χ3n) is 4.90. The number of carboxylic acid groups (broad SMARTS) is 1. The molecule has 0 aliphatic carbocycles. The molecule has 0 atom stereocenters. The van der Waals surface area contributed by atoms with Gasteiger partial charge in [0.05, 0.1) is 29.0 Å². The summed E-state index contributed by atoms with van der Waals surface area (Å²) >= 11 is 2.54. The molecular formula is C23H20N4O4S2. The van der Waals surface area contributed by atoms with Gasteiger partial charge in [-0.05, 0) is 25.0 Å². The summed E-state index contributed by atoms with van der Waals surface area (Å²) in [5, 5.41) is 23.3. The number of thiophene rings is 2. The Bertz CT molecular complexity index is 1360. The number of carbonyl (C=O) groups is 1. The quantitative estimate of drug-likeness (QED) is 0.342. The molecule has 0 aliphatic heterocycles. The van der Waals surface area contributed by atoms with E-state index < -0.39 is 5.97 Å². The van der Waals surface area contributed by atoms with Gasteiger partial charge >= 0.3 is 5.97 Å². The van der Waals surface area contributed by atoms with Crippen molar-refractivity contribution in [2.45, 2.75) is 13.3 Å². The zero-order valence-electron chi connectivity index (χ0n) is 17.9. The molecule has 8 nitrogen and oxygen atoms in total. The number of hydrogen-bond acceptors (Lipinski definition) is 9. The maximum absolute atomic E-state index is 11.5. The highest BCUT2D eigenvalue weighted by Crippen LogP contribution is 2.38. The average Bonchev–Trinajstić information content (AvgIpc) is 3.41. The van der Waals surface area contributed by atoms with E-state index in [2.05, 4.69) is 21.4 Å². The first-order valence-electron chi connectivity index (χ1n) is 10.1. The fourth-order valence-electron chi connectivity index (χ4n) is 3.46. The van der Waals surface area contributed by atoms with Crippen LogP contribution in [0.15, 0.2) is 36.7 Å². The number of rotatable bonds is 9. The van der Waals surface area contributed by atoms with Crippen LogP contribution in [0.4, 0.5) is 5.82 Å². The van der Waals surface area contributed by atoms with E-state index in [0.29, 0.717) is 46.6 Å². The molecule has 4 rings (SSSR count). The molecule has 33 heavy (non-hydrogen) atoms. The second kappa shape index (κ2) is 9.85. The summed E-state index contributed by atoms with van der Waals surface area (Å²) in [6.07, 6.45) is 2.07. The summed E-state index contributed by atoms with van der Waals surface area (Å²) in [6, 6.07) is 11.6. The molecule has 2 N–H and O–H groups in total. The van der Waals surface area contributed by atoms with Gasteiger partial charge in [0, 0.05) is 24.1 Å². The molecule has 0 radical (unpaired) electrons. The highest BCUT2D eigenvalue weighted by molar-refractivity contribution is 7.20. The topological polar surface area (TPSA) is 117 Å². The third kappa shape index (κ3) is 4.60. The number of nitrogens with one attached hydrogen (secondary N) is 1. The predicted octanol–water partition coefficient (Wildman–Crippen LogP) is 5.05. The van der Waals surface area contributed by atoms with Crippen molar-refractivity contribution < 1.29 is 19.4 Å². The van der Waals surface area contributed by atoms with Crippen LogP contribution in [0.5, 0.6) is 11.5 Å². The van der Waals surface area contributed by atoms with E-state index in [0.717, 1.165) is 32.7 Å². The lowest BCUT2D eigenvalue weighted by atomic mass is 10.1. The number of aromatic carboxylic acids is 1. The smallest absolute Gasteiger partial charge is 0.349 e. The van der Waals surface area contributed by atoms with Gasteiger partial charge in [-0.3, -0.25) is 0 Å². The number of nitriles is 1. The van der Waals surface area contributed by atoms with Gasteiger partial charge in [-0.2, -0.15) is 5.26 Å². The van der Waals surface area contributed by atoms with Crippen molar-refractivity contribution in [3.8, 4) is 28.1 Å². The summed E-state index contributed by atoms with van der Waals surface area (Å²) in [7, 11) is 1.62. The van der Waals surface area contributed by atoms with Gasteiger partial charge in [0.25, 0.3) is 0 Å². The first-order valence-corrected chi connectivity index (χ1v) is 11.7. The molecule has 0 aliphatic rings. The largest absolute Gasteiger partial charge is 0.495 e. The van der Waals surface area contributed by atoms with Gasteiger partial charge in [0.1, 0.15) is 34.6 Å². The van der Waals surface area contributed by atoms with Crippen LogP contribution in [0, 0.1) is 11.3 Å². The van der Waals surface area contributed by atoms with Gasteiger partial charge in [-0.25, -0.2) is 14.8 Å². The average molecular weight is 481 g/mol. The van der Waals surface area contributed by atoms with Gasteiger partial charge in [0.2, 0.25) is 0 Å². The minimum absolute atomic E-state index is 0.142. The predicted molar refractivity (Wildman–Crippen MR) is 129 cm³/mol. The number of aromatic nitrogens is 2. The van der Waals surface area contributed by atoms with Crippen LogP contribution < -0.4 is 14.8 Å². The minimum Gasteiger partial charge on any atom is -0.495 e. The molecule has 3 aromatic heterocycles.